The largest absolute Gasteiger partial charge is 0.389 e. The summed E-state index contributed by atoms with van der Waals surface area (Å²) in [5.74, 6) is 0.677. The van der Waals surface area contributed by atoms with Crippen molar-refractivity contribution >= 4 is 0 Å². The molecule has 0 aromatic rings. The smallest absolute Gasteiger partial charge is 0.0715 e. The zero-order valence-electron chi connectivity index (χ0n) is 9.88. The van der Waals surface area contributed by atoms with Crippen LogP contribution >= 0.6 is 0 Å². The molecule has 0 aliphatic carbocycles. The third-order valence-electron chi connectivity index (χ3n) is 2.91. The molecule has 1 rings (SSSR count). The topological polar surface area (TPSA) is 35.5 Å². The Hall–Kier alpha value is -0.120. The van der Waals surface area contributed by atoms with Crippen molar-refractivity contribution in [2.75, 3.05) is 26.7 Å². The first-order valence-electron chi connectivity index (χ1n) is 5.53. The Labute approximate surface area is 87.5 Å². The minimum absolute atomic E-state index is 0.567. The van der Waals surface area contributed by atoms with Crippen LogP contribution in [-0.4, -0.2) is 48.3 Å². The fraction of sp³-hybridized carbons (Fsp3) is 1.00. The number of hydrogen-bond acceptors (Lipinski definition) is 3. The van der Waals surface area contributed by atoms with Crippen molar-refractivity contribution in [1.82, 2.24) is 10.2 Å². The number of rotatable bonds is 3. The molecular weight excluding hydrogens is 176 g/mol. The van der Waals surface area contributed by atoms with E-state index in [0.717, 1.165) is 13.1 Å². The van der Waals surface area contributed by atoms with Crippen LogP contribution in [0.2, 0.25) is 0 Å². The van der Waals surface area contributed by atoms with Crippen LogP contribution in [0.3, 0.4) is 0 Å². The predicted molar refractivity (Wildman–Crippen MR) is 59.4 cm³/mol. The quantitative estimate of drug-likeness (QED) is 0.703. The van der Waals surface area contributed by atoms with E-state index in [9.17, 15) is 5.11 Å². The molecule has 84 valence electrons. The average Bonchev–Trinajstić information content (AvgIpc) is 2.00. The molecule has 0 aromatic carbocycles. The van der Waals surface area contributed by atoms with Gasteiger partial charge < -0.3 is 15.3 Å². The number of hydrogen-bond donors (Lipinski definition) is 2. The summed E-state index contributed by atoms with van der Waals surface area (Å²) >= 11 is 0. The van der Waals surface area contributed by atoms with Gasteiger partial charge in [0, 0.05) is 19.1 Å². The molecule has 0 aromatic heterocycles. The average molecular weight is 200 g/mol. The third kappa shape index (κ3) is 3.95. The molecular formula is C11H24N2O. The monoisotopic (exact) mass is 200 g/mol. The van der Waals surface area contributed by atoms with Crippen molar-refractivity contribution in [2.45, 2.75) is 38.8 Å². The van der Waals surface area contributed by atoms with Crippen molar-refractivity contribution in [2.24, 2.45) is 5.92 Å². The first-order valence-corrected chi connectivity index (χ1v) is 5.53. The molecule has 2 unspecified atom stereocenters. The van der Waals surface area contributed by atoms with Gasteiger partial charge in [-0.1, -0.05) is 6.92 Å². The lowest BCUT2D eigenvalue weighted by Gasteiger charge is -2.36. The molecule has 0 saturated carbocycles. The highest BCUT2D eigenvalue weighted by Gasteiger charge is 2.25. The van der Waals surface area contributed by atoms with Crippen LogP contribution in [0.1, 0.15) is 27.2 Å². The Morgan fingerprint density at radius 2 is 2.14 bits per heavy atom. The van der Waals surface area contributed by atoms with Crippen molar-refractivity contribution in [3.8, 4) is 0 Å². The summed E-state index contributed by atoms with van der Waals surface area (Å²) in [6.45, 7) is 8.97. The van der Waals surface area contributed by atoms with Gasteiger partial charge in [-0.3, -0.25) is 0 Å². The predicted octanol–water partition coefficient (Wildman–Crippen LogP) is 0.687. The first kappa shape index (κ1) is 12.0. The number of aliphatic hydroxyl groups is 1. The van der Waals surface area contributed by atoms with Gasteiger partial charge in [-0.15, -0.1) is 0 Å². The summed E-state index contributed by atoms with van der Waals surface area (Å²) in [4.78, 5) is 2.37. The number of piperidine rings is 1. The van der Waals surface area contributed by atoms with E-state index in [4.69, 9.17) is 0 Å². The number of likely N-dealkylation sites (tertiary alicyclic amines) is 1. The minimum Gasteiger partial charge on any atom is -0.389 e. The Kier molecular flexibility index (Phi) is 3.93. The second-order valence-corrected chi connectivity index (χ2v) is 5.33. The van der Waals surface area contributed by atoms with Gasteiger partial charge in [0.2, 0.25) is 0 Å². The van der Waals surface area contributed by atoms with Gasteiger partial charge in [0.1, 0.15) is 0 Å². The molecule has 1 saturated heterocycles. The zero-order valence-corrected chi connectivity index (χ0v) is 9.88. The number of nitrogens with one attached hydrogen (secondary N) is 1. The molecule has 0 radical (unpaired) electrons. The van der Waals surface area contributed by atoms with Crippen LogP contribution in [0.5, 0.6) is 0 Å². The highest BCUT2D eigenvalue weighted by molar-refractivity contribution is 4.83. The Morgan fingerprint density at radius 3 is 2.64 bits per heavy atom. The maximum absolute atomic E-state index is 9.61. The molecule has 3 heteroatoms. The summed E-state index contributed by atoms with van der Waals surface area (Å²) in [5.41, 5.74) is -0.594. The Morgan fingerprint density at radius 1 is 1.50 bits per heavy atom. The fourth-order valence-corrected chi connectivity index (χ4v) is 2.04. The van der Waals surface area contributed by atoms with Gasteiger partial charge in [0.25, 0.3) is 0 Å². The van der Waals surface area contributed by atoms with E-state index in [0.29, 0.717) is 18.5 Å². The second-order valence-electron chi connectivity index (χ2n) is 5.33. The molecule has 1 fully saturated rings. The molecule has 0 amide bonds. The van der Waals surface area contributed by atoms with E-state index < -0.39 is 5.60 Å². The van der Waals surface area contributed by atoms with E-state index in [1.807, 2.05) is 13.8 Å². The molecule has 0 spiro atoms. The van der Waals surface area contributed by atoms with E-state index in [1.165, 1.54) is 6.42 Å². The zero-order chi connectivity index (χ0) is 10.8. The van der Waals surface area contributed by atoms with Crippen molar-refractivity contribution in [1.29, 1.82) is 0 Å². The summed E-state index contributed by atoms with van der Waals surface area (Å²) in [7, 11) is 2.17. The van der Waals surface area contributed by atoms with Gasteiger partial charge in [0.15, 0.2) is 0 Å². The normalized spacial score (nSPS) is 30.6. The van der Waals surface area contributed by atoms with Crippen molar-refractivity contribution in [3.05, 3.63) is 0 Å². The van der Waals surface area contributed by atoms with Crippen molar-refractivity contribution in [3.63, 3.8) is 0 Å². The van der Waals surface area contributed by atoms with Crippen LogP contribution in [0.4, 0.5) is 0 Å². The highest BCUT2D eigenvalue weighted by Crippen LogP contribution is 2.15. The molecule has 0 bridgehead atoms. The van der Waals surface area contributed by atoms with E-state index in [-0.39, 0.29) is 0 Å². The fourth-order valence-electron chi connectivity index (χ4n) is 2.04. The van der Waals surface area contributed by atoms with E-state index in [1.54, 1.807) is 0 Å². The lowest BCUT2D eigenvalue weighted by molar-refractivity contribution is 0.0672. The van der Waals surface area contributed by atoms with Crippen LogP contribution < -0.4 is 5.32 Å². The molecule has 1 heterocycles. The molecule has 1 aliphatic heterocycles. The maximum atomic E-state index is 9.61. The summed E-state index contributed by atoms with van der Waals surface area (Å²) in [5, 5.41) is 13.1. The number of nitrogens with zero attached hydrogens (tertiary/aromatic N) is 1. The van der Waals surface area contributed by atoms with Gasteiger partial charge >= 0.3 is 0 Å². The second kappa shape index (κ2) is 4.60. The summed E-state index contributed by atoms with van der Waals surface area (Å²) in [6.07, 6.45) is 1.19. The Bertz CT molecular complexity index is 177. The van der Waals surface area contributed by atoms with Crippen LogP contribution in [-0.2, 0) is 0 Å². The van der Waals surface area contributed by atoms with E-state index >= 15 is 0 Å². The standard InChI is InChI=1S/C11H24N2O/c1-9-7-13(4)6-5-10(9)12-8-11(2,3)14/h9-10,12,14H,5-8H2,1-4H3. The van der Waals surface area contributed by atoms with Gasteiger partial charge in [-0.2, -0.15) is 0 Å². The van der Waals surface area contributed by atoms with Crippen LogP contribution in [0.15, 0.2) is 0 Å². The minimum atomic E-state index is -0.594. The maximum Gasteiger partial charge on any atom is 0.0715 e. The summed E-state index contributed by atoms with van der Waals surface area (Å²) < 4.78 is 0. The molecule has 2 atom stereocenters. The third-order valence-corrected chi connectivity index (χ3v) is 2.91. The van der Waals surface area contributed by atoms with E-state index in [2.05, 4.69) is 24.2 Å². The van der Waals surface area contributed by atoms with Gasteiger partial charge in [-0.25, -0.2) is 0 Å². The molecule has 3 nitrogen and oxygen atoms in total. The van der Waals surface area contributed by atoms with Crippen LogP contribution in [0.25, 0.3) is 0 Å². The first-order chi connectivity index (χ1) is 6.38. The Balaban J connectivity index is 2.31. The molecule has 1 aliphatic rings. The lowest BCUT2D eigenvalue weighted by Crippen LogP contribution is -2.50. The molecule has 2 N–H and O–H groups in total. The lowest BCUT2D eigenvalue weighted by atomic mass is 9.93. The van der Waals surface area contributed by atoms with Gasteiger partial charge in [-0.05, 0) is 39.8 Å². The molecule has 14 heavy (non-hydrogen) atoms. The van der Waals surface area contributed by atoms with Crippen LogP contribution in [0, 0.1) is 5.92 Å². The van der Waals surface area contributed by atoms with Crippen molar-refractivity contribution < 1.29 is 5.11 Å². The SMILES string of the molecule is CC1CN(C)CCC1NCC(C)(C)O. The summed E-state index contributed by atoms with van der Waals surface area (Å²) in [6, 6.07) is 0.567. The van der Waals surface area contributed by atoms with Gasteiger partial charge in [0.05, 0.1) is 5.60 Å². The highest BCUT2D eigenvalue weighted by atomic mass is 16.3.